The van der Waals surface area contributed by atoms with Crippen LogP contribution in [0.2, 0.25) is 5.02 Å². The van der Waals surface area contributed by atoms with Gasteiger partial charge in [0.2, 0.25) is 0 Å². The molecule has 7 heteroatoms. The first kappa shape index (κ1) is 30.0. The number of pyridine rings is 1. The summed E-state index contributed by atoms with van der Waals surface area (Å²) in [5, 5.41) is 11.9. The fraction of sp³-hybridized carbons (Fsp3) is 0.179. The number of nitriles is 1. The first-order valence-corrected chi connectivity index (χ1v) is 16.7. The maximum absolute atomic E-state index is 9.55. The van der Waals surface area contributed by atoms with Gasteiger partial charge in [0.15, 0.2) is 0 Å². The zero-order valence-electron chi connectivity index (χ0n) is 25.4. The molecule has 0 spiro atoms. The van der Waals surface area contributed by atoms with Gasteiger partial charge in [-0.2, -0.15) is 5.26 Å². The van der Waals surface area contributed by atoms with E-state index in [1.807, 2.05) is 72.6 Å². The van der Waals surface area contributed by atoms with Gasteiger partial charge < -0.3 is 14.0 Å². The molecule has 0 radical (unpaired) electrons. The molecule has 2 aromatic heterocycles. The van der Waals surface area contributed by atoms with Crippen LogP contribution in [0.15, 0.2) is 114 Å². The highest BCUT2D eigenvalue weighted by atomic mass is 35.5. The second kappa shape index (κ2) is 13.3. The van der Waals surface area contributed by atoms with E-state index in [1.54, 1.807) is 6.07 Å². The summed E-state index contributed by atoms with van der Waals surface area (Å²) < 4.78 is 15.1. The van der Waals surface area contributed by atoms with E-state index in [-0.39, 0.29) is 0 Å². The van der Waals surface area contributed by atoms with Crippen molar-refractivity contribution in [2.45, 2.75) is 43.1 Å². The number of hydrogen-bond acceptors (Lipinski definition) is 5. The van der Waals surface area contributed by atoms with Crippen molar-refractivity contribution in [2.24, 2.45) is 0 Å². The highest BCUT2D eigenvalue weighted by Crippen LogP contribution is 2.47. The van der Waals surface area contributed by atoms with Crippen LogP contribution < -0.4 is 9.47 Å². The molecule has 4 aromatic carbocycles. The van der Waals surface area contributed by atoms with Gasteiger partial charge in [-0.15, -0.1) is 11.8 Å². The lowest BCUT2D eigenvalue weighted by atomic mass is 10.0. The molecule has 0 fully saturated rings. The first-order valence-electron chi connectivity index (χ1n) is 15.4. The van der Waals surface area contributed by atoms with E-state index in [1.165, 1.54) is 32.6 Å². The number of para-hydroxylation sites is 1. The van der Waals surface area contributed by atoms with Gasteiger partial charge in [0.05, 0.1) is 23.4 Å². The molecule has 46 heavy (non-hydrogen) atoms. The standard InChI is InChI=1S/C39H32ClN3O2S/c1-26-21-33-37(45-25-32-16-13-30(23-42-32)28-7-3-2-4-8-28)18-17-34-38(33)39(46-26)35(43(34)24-27-11-14-31(40)15-12-27)19-20-44-36-10-6-5-9-29(36)22-41/h2-18,23,26H,19-21,24-25H2,1H3. The van der Waals surface area contributed by atoms with Gasteiger partial charge in [-0.25, -0.2) is 0 Å². The minimum atomic E-state index is 0.383. The van der Waals surface area contributed by atoms with Crippen LogP contribution in [-0.4, -0.2) is 21.4 Å². The van der Waals surface area contributed by atoms with E-state index in [2.05, 4.69) is 60.0 Å². The highest BCUT2D eigenvalue weighted by molar-refractivity contribution is 8.00. The fourth-order valence-electron chi connectivity index (χ4n) is 6.11. The van der Waals surface area contributed by atoms with Crippen molar-refractivity contribution in [1.82, 2.24) is 9.55 Å². The van der Waals surface area contributed by atoms with Gasteiger partial charge in [0.25, 0.3) is 0 Å². The molecule has 0 N–H and O–H groups in total. The lowest BCUT2D eigenvalue weighted by Gasteiger charge is -2.22. The van der Waals surface area contributed by atoms with E-state index in [0.29, 0.717) is 42.7 Å². The Morgan fingerprint density at radius 3 is 2.48 bits per heavy atom. The number of hydrogen-bond donors (Lipinski definition) is 0. The quantitative estimate of drug-likeness (QED) is 0.149. The van der Waals surface area contributed by atoms with Crippen molar-refractivity contribution >= 4 is 34.3 Å². The molecule has 1 aliphatic heterocycles. The lowest BCUT2D eigenvalue weighted by molar-refractivity contribution is 0.298. The number of ether oxygens (including phenoxy) is 2. The molecule has 228 valence electrons. The Bertz CT molecular complexity index is 2030. The Labute approximate surface area is 278 Å². The number of benzene rings is 4. The Hall–Kier alpha value is -4.70. The Morgan fingerprint density at radius 2 is 1.70 bits per heavy atom. The van der Waals surface area contributed by atoms with E-state index >= 15 is 0 Å². The normalized spacial score (nSPS) is 13.8. The number of halogens is 1. The topological polar surface area (TPSA) is 60.1 Å². The monoisotopic (exact) mass is 641 g/mol. The third-order valence-electron chi connectivity index (χ3n) is 8.33. The van der Waals surface area contributed by atoms with Crippen LogP contribution in [0.3, 0.4) is 0 Å². The van der Waals surface area contributed by atoms with Gasteiger partial charge in [-0.05, 0) is 60.0 Å². The summed E-state index contributed by atoms with van der Waals surface area (Å²) in [4.78, 5) is 5.98. The Morgan fingerprint density at radius 1 is 0.891 bits per heavy atom. The average Bonchev–Trinajstić information content (AvgIpc) is 3.38. The molecule has 0 saturated heterocycles. The zero-order chi connectivity index (χ0) is 31.5. The molecule has 6 aromatic rings. The molecular weight excluding hydrogens is 610 g/mol. The molecule has 7 rings (SSSR count). The molecule has 1 atom stereocenters. The summed E-state index contributed by atoms with van der Waals surface area (Å²) in [5.41, 5.74) is 8.50. The fourth-order valence-corrected chi connectivity index (χ4v) is 7.58. The van der Waals surface area contributed by atoms with E-state index in [0.717, 1.165) is 34.0 Å². The van der Waals surface area contributed by atoms with E-state index in [4.69, 9.17) is 26.1 Å². The predicted molar refractivity (Wildman–Crippen MR) is 186 cm³/mol. The van der Waals surface area contributed by atoms with Gasteiger partial charge in [-0.1, -0.05) is 79.2 Å². The van der Waals surface area contributed by atoms with Gasteiger partial charge in [0, 0.05) is 56.5 Å². The van der Waals surface area contributed by atoms with Crippen LogP contribution in [0.4, 0.5) is 0 Å². The van der Waals surface area contributed by atoms with E-state index in [9.17, 15) is 5.26 Å². The second-order valence-corrected chi connectivity index (χ2v) is 13.3. The summed E-state index contributed by atoms with van der Waals surface area (Å²) in [7, 11) is 0. The van der Waals surface area contributed by atoms with Crippen molar-refractivity contribution in [1.29, 1.82) is 5.26 Å². The van der Waals surface area contributed by atoms with Crippen LogP contribution in [-0.2, 0) is 26.0 Å². The third-order valence-corrected chi connectivity index (χ3v) is 9.83. The van der Waals surface area contributed by atoms with Crippen molar-refractivity contribution in [3.8, 4) is 28.7 Å². The molecule has 0 amide bonds. The summed E-state index contributed by atoms with van der Waals surface area (Å²) in [5.74, 6) is 1.52. The molecule has 1 aliphatic rings. The van der Waals surface area contributed by atoms with Crippen molar-refractivity contribution in [3.05, 3.63) is 142 Å². The number of rotatable bonds is 10. The van der Waals surface area contributed by atoms with Gasteiger partial charge >= 0.3 is 0 Å². The zero-order valence-corrected chi connectivity index (χ0v) is 27.0. The van der Waals surface area contributed by atoms with Crippen LogP contribution >= 0.6 is 23.4 Å². The average molecular weight is 642 g/mol. The van der Waals surface area contributed by atoms with Crippen LogP contribution in [0.1, 0.15) is 35.0 Å². The number of nitrogens with zero attached hydrogens (tertiary/aromatic N) is 3. The molecule has 0 saturated carbocycles. The van der Waals surface area contributed by atoms with Gasteiger partial charge in [-0.3, -0.25) is 4.98 Å². The third kappa shape index (κ3) is 6.22. The minimum absolute atomic E-state index is 0.383. The first-order chi connectivity index (χ1) is 22.6. The summed E-state index contributed by atoms with van der Waals surface area (Å²) in [6.07, 6.45) is 3.53. The molecule has 0 bridgehead atoms. The van der Waals surface area contributed by atoms with Crippen molar-refractivity contribution in [2.75, 3.05) is 6.61 Å². The smallest absolute Gasteiger partial charge is 0.137 e. The van der Waals surface area contributed by atoms with Crippen LogP contribution in [0.5, 0.6) is 11.5 Å². The van der Waals surface area contributed by atoms with Crippen molar-refractivity contribution < 1.29 is 9.47 Å². The largest absolute Gasteiger partial charge is 0.492 e. The molecule has 1 unspecified atom stereocenters. The Balaban J connectivity index is 1.21. The SMILES string of the molecule is CC1Cc2c(OCc3ccc(-c4ccccc4)cn3)ccc3c2c(c(CCOc2ccccc2C#N)n3Cc2ccc(Cl)cc2)S1. The van der Waals surface area contributed by atoms with Crippen molar-refractivity contribution in [3.63, 3.8) is 0 Å². The van der Waals surface area contributed by atoms with E-state index < -0.39 is 0 Å². The lowest BCUT2D eigenvalue weighted by Crippen LogP contribution is -2.11. The maximum atomic E-state index is 9.55. The predicted octanol–water partition coefficient (Wildman–Crippen LogP) is 9.51. The highest BCUT2D eigenvalue weighted by Gasteiger charge is 2.29. The van der Waals surface area contributed by atoms with Gasteiger partial charge in [0.1, 0.15) is 24.2 Å². The molecule has 3 heterocycles. The maximum Gasteiger partial charge on any atom is 0.137 e. The molecule has 0 aliphatic carbocycles. The Kier molecular flexibility index (Phi) is 8.70. The summed E-state index contributed by atoms with van der Waals surface area (Å²) in [6.45, 7) is 3.85. The number of aromatic nitrogens is 2. The van der Waals surface area contributed by atoms with Crippen LogP contribution in [0, 0.1) is 11.3 Å². The minimum Gasteiger partial charge on any atom is -0.492 e. The summed E-state index contributed by atoms with van der Waals surface area (Å²) in [6, 6.07) is 36.4. The number of thioether (sulfide) groups is 1. The summed E-state index contributed by atoms with van der Waals surface area (Å²) >= 11 is 8.15. The molecule has 5 nitrogen and oxygen atoms in total. The van der Waals surface area contributed by atoms with Crippen LogP contribution in [0.25, 0.3) is 22.0 Å². The second-order valence-electron chi connectivity index (χ2n) is 11.5. The molecular formula is C39H32ClN3O2S.